The third-order valence-electron chi connectivity index (χ3n) is 11.6. The quantitative estimate of drug-likeness (QED) is 0.0300. The van der Waals surface area contributed by atoms with Gasteiger partial charge in [-0.25, -0.2) is 9.97 Å². The van der Waals surface area contributed by atoms with Gasteiger partial charge in [0.2, 0.25) is 29.6 Å². The van der Waals surface area contributed by atoms with Crippen LogP contribution < -0.4 is 26.8 Å². The van der Waals surface area contributed by atoms with E-state index in [2.05, 4.69) is 25.8 Å². The van der Waals surface area contributed by atoms with E-state index in [-0.39, 0.29) is 42.4 Å². The number of nitrogens with two attached hydrogens (primary N) is 2. The van der Waals surface area contributed by atoms with E-state index in [1.807, 2.05) is 37.5 Å². The van der Waals surface area contributed by atoms with Crippen molar-refractivity contribution in [1.29, 1.82) is 0 Å². The Balaban J connectivity index is 0.000000734. The predicted octanol–water partition coefficient (Wildman–Crippen LogP) is 4.40. The molecule has 0 spiro atoms. The monoisotopic (exact) mass is 972 g/mol. The van der Waals surface area contributed by atoms with Gasteiger partial charge < -0.3 is 35.6 Å². The van der Waals surface area contributed by atoms with Crippen LogP contribution in [-0.2, 0) is 40.6 Å². The third-order valence-corrected chi connectivity index (χ3v) is 11.6. The van der Waals surface area contributed by atoms with Crippen molar-refractivity contribution in [3.05, 3.63) is 101 Å². The Labute approximate surface area is 409 Å². The Kier molecular flexibility index (Phi) is 17.4. The van der Waals surface area contributed by atoms with Gasteiger partial charge in [-0.3, -0.25) is 53.1 Å². The molecule has 0 radical (unpaired) electrons. The first-order chi connectivity index (χ1) is 34.1. The number of imide groups is 1. The molecule has 0 bridgehead atoms. The molecule has 0 fully saturated rings. The Bertz CT molecular complexity index is 3010. The van der Waals surface area contributed by atoms with Crippen LogP contribution in [0.3, 0.4) is 0 Å². The first-order valence-corrected chi connectivity index (χ1v) is 23.3. The number of primary amides is 2. The van der Waals surface area contributed by atoms with Gasteiger partial charge in [0.05, 0.1) is 34.5 Å². The smallest absolute Gasteiger partial charge is 0.276 e. The molecule has 0 unspecified atom stereocenters. The number of carbonyl (C=O) groups excluding carboxylic acids is 7. The Morgan fingerprint density at radius 2 is 1.42 bits per heavy atom. The first kappa shape index (κ1) is 52.0. The number of anilines is 2. The second-order valence-corrected chi connectivity index (χ2v) is 16.7. The molecule has 22 heteroatoms. The Hall–Kier alpha value is -8.43. The number of allylic oxidation sites excluding steroid dienone is 2. The second-order valence-electron chi connectivity index (χ2n) is 16.7. The standard InChI is InChI=1S/C42H50N12O7.C7H10N2O/c1-5-54-32(22-26(2)49-54)40(60)48-42-47-30-24-28(39(44)59)25-33(61-21-11-17-50(4)34(55)12-7-6-8-19-52-35(56)15-16-36(52)57)37(30)53(42)20-10-9-18-51-31-14-13-27(38(43)58)23-29(31)46-41(51)45-3;1-3-9-7(5-10)4-6(2)8-9/h9-10,13-16,22-25H,5-8,11-12,17-21H2,1-4H3,(H2,43,58)(H2,44,59)(H,45,46)(H,47,48,60);4-5H,3H2,1-2H3/b10-9+;. The molecule has 5 heterocycles. The van der Waals surface area contributed by atoms with Crippen molar-refractivity contribution in [3.63, 3.8) is 0 Å². The van der Waals surface area contributed by atoms with Crippen LogP contribution in [0.2, 0.25) is 0 Å². The fourth-order valence-corrected chi connectivity index (χ4v) is 8.00. The zero-order valence-electron chi connectivity index (χ0n) is 40.8. The number of hydrogen-bond donors (Lipinski definition) is 4. The van der Waals surface area contributed by atoms with Crippen LogP contribution in [0.25, 0.3) is 22.1 Å². The van der Waals surface area contributed by atoms with E-state index in [1.54, 1.807) is 82.3 Å². The summed E-state index contributed by atoms with van der Waals surface area (Å²) in [6.45, 7) is 10.3. The average molecular weight is 973 g/mol. The number of hydrogen-bond acceptors (Lipinski definition) is 13. The Morgan fingerprint density at radius 1 is 0.775 bits per heavy atom. The van der Waals surface area contributed by atoms with Crippen LogP contribution in [0.1, 0.15) is 99.0 Å². The molecular formula is C49H60N14O8. The number of nitrogens with one attached hydrogen (secondary N) is 2. The molecule has 71 heavy (non-hydrogen) atoms. The van der Waals surface area contributed by atoms with Crippen molar-refractivity contribution in [1.82, 2.24) is 48.5 Å². The van der Waals surface area contributed by atoms with Crippen molar-refractivity contribution >= 4 is 75.7 Å². The van der Waals surface area contributed by atoms with Crippen molar-refractivity contribution in [2.45, 2.75) is 86.0 Å². The molecule has 6 aromatic rings. The lowest BCUT2D eigenvalue weighted by atomic mass is 10.1. The average Bonchev–Trinajstić information content (AvgIpc) is 4.17. The maximum absolute atomic E-state index is 13.7. The van der Waals surface area contributed by atoms with Gasteiger partial charge in [-0.15, -0.1) is 0 Å². The molecule has 0 aliphatic carbocycles. The SMILES string of the molecule is CCn1nc(C)cc1C(=O)Nc1nc2cc(C(N)=O)cc(OCCCN(C)C(=O)CCCCCN3C(=O)C=CC3=O)c2n1C/C=C/Cn1c(NC)nc2cc(C(N)=O)ccc21.CCn1nc(C)cc1C=O. The summed E-state index contributed by atoms with van der Waals surface area (Å²) in [4.78, 5) is 96.8. The molecule has 6 amide bonds. The minimum absolute atomic E-state index is 0.0427. The molecule has 0 atom stereocenters. The van der Waals surface area contributed by atoms with E-state index in [0.29, 0.717) is 109 Å². The fourth-order valence-electron chi connectivity index (χ4n) is 8.00. The Morgan fingerprint density at radius 3 is 2.07 bits per heavy atom. The van der Waals surface area contributed by atoms with Gasteiger partial charge >= 0.3 is 0 Å². The highest BCUT2D eigenvalue weighted by Gasteiger charge is 2.24. The zero-order valence-corrected chi connectivity index (χ0v) is 40.8. The molecule has 7 rings (SSSR count). The summed E-state index contributed by atoms with van der Waals surface area (Å²) in [5.41, 5.74) is 16.6. The van der Waals surface area contributed by atoms with Crippen molar-refractivity contribution < 1.29 is 38.3 Å². The number of benzene rings is 2. The van der Waals surface area contributed by atoms with E-state index in [0.717, 1.165) is 24.0 Å². The minimum atomic E-state index is -0.689. The highest BCUT2D eigenvalue weighted by Crippen LogP contribution is 2.32. The van der Waals surface area contributed by atoms with Gasteiger partial charge in [-0.2, -0.15) is 10.2 Å². The molecule has 4 aromatic heterocycles. The first-order valence-electron chi connectivity index (χ1n) is 23.3. The number of aryl methyl sites for hydroxylation is 4. The van der Waals surface area contributed by atoms with Crippen LogP contribution in [0.4, 0.5) is 11.9 Å². The number of fused-ring (bicyclic) bond motifs is 2. The van der Waals surface area contributed by atoms with Gasteiger partial charge in [-0.05, 0) is 89.4 Å². The summed E-state index contributed by atoms with van der Waals surface area (Å²) in [5.74, 6) is -1.25. The number of imidazole rings is 2. The highest BCUT2D eigenvalue weighted by molar-refractivity contribution is 6.12. The normalized spacial score (nSPS) is 12.2. The summed E-state index contributed by atoms with van der Waals surface area (Å²) in [6.07, 6.45) is 9.87. The molecule has 1 aliphatic heterocycles. The summed E-state index contributed by atoms with van der Waals surface area (Å²) in [5, 5.41) is 14.5. The summed E-state index contributed by atoms with van der Waals surface area (Å²) < 4.78 is 13.3. The largest absolute Gasteiger partial charge is 0.491 e. The van der Waals surface area contributed by atoms with Crippen LogP contribution in [0.15, 0.2) is 66.8 Å². The number of aldehydes is 1. The van der Waals surface area contributed by atoms with E-state index in [9.17, 15) is 33.6 Å². The van der Waals surface area contributed by atoms with E-state index < -0.39 is 17.7 Å². The van der Waals surface area contributed by atoms with Crippen molar-refractivity contribution in [3.8, 4) is 5.75 Å². The fraction of sp³-hybridized carbons (Fsp3) is 0.367. The maximum atomic E-state index is 13.7. The zero-order chi connectivity index (χ0) is 51.4. The van der Waals surface area contributed by atoms with Gasteiger partial charge in [0.1, 0.15) is 22.7 Å². The number of rotatable bonds is 23. The molecule has 2 aromatic carbocycles. The van der Waals surface area contributed by atoms with Crippen LogP contribution in [-0.4, -0.2) is 124 Å². The number of nitrogens with zero attached hydrogens (tertiary/aromatic N) is 10. The lowest BCUT2D eigenvalue weighted by Crippen LogP contribution is -2.31. The van der Waals surface area contributed by atoms with E-state index >= 15 is 0 Å². The number of amides is 6. The summed E-state index contributed by atoms with van der Waals surface area (Å²) >= 11 is 0. The molecule has 374 valence electrons. The van der Waals surface area contributed by atoms with Crippen molar-refractivity contribution in [2.75, 3.05) is 44.4 Å². The van der Waals surface area contributed by atoms with Crippen LogP contribution in [0, 0.1) is 13.8 Å². The molecule has 1 aliphatic rings. The van der Waals surface area contributed by atoms with Gasteiger partial charge in [0.25, 0.3) is 17.7 Å². The number of aromatic nitrogens is 8. The highest BCUT2D eigenvalue weighted by atomic mass is 16.5. The van der Waals surface area contributed by atoms with Gasteiger partial charge in [0.15, 0.2) is 6.29 Å². The van der Waals surface area contributed by atoms with Crippen molar-refractivity contribution in [2.24, 2.45) is 11.5 Å². The summed E-state index contributed by atoms with van der Waals surface area (Å²) in [7, 11) is 3.47. The topological polar surface area (TPSA) is 283 Å². The molecule has 0 saturated heterocycles. The third kappa shape index (κ3) is 12.6. The minimum Gasteiger partial charge on any atom is -0.491 e. The lowest BCUT2D eigenvalue weighted by molar-refractivity contribution is -0.137. The maximum Gasteiger partial charge on any atom is 0.276 e. The van der Waals surface area contributed by atoms with Crippen LogP contribution in [0.5, 0.6) is 5.75 Å². The summed E-state index contributed by atoms with van der Waals surface area (Å²) in [6, 6.07) is 11.6. The molecule has 22 nitrogen and oxygen atoms in total. The number of carbonyl (C=O) groups is 7. The van der Waals surface area contributed by atoms with E-state index in [1.165, 1.54) is 17.1 Å². The number of unbranched alkanes of at least 4 members (excludes halogenated alkanes) is 2. The molecule has 0 saturated carbocycles. The van der Waals surface area contributed by atoms with Crippen LogP contribution >= 0.6 is 0 Å². The second kappa shape index (κ2) is 23.7. The molecular weight excluding hydrogens is 913 g/mol. The predicted molar refractivity (Wildman–Crippen MR) is 266 cm³/mol. The van der Waals surface area contributed by atoms with Gasteiger partial charge in [0, 0.05) is 83.1 Å². The van der Waals surface area contributed by atoms with Gasteiger partial charge in [-0.1, -0.05) is 18.6 Å². The lowest BCUT2D eigenvalue weighted by Gasteiger charge is -2.18. The van der Waals surface area contributed by atoms with E-state index in [4.69, 9.17) is 21.2 Å². The molecule has 6 N–H and O–H groups in total. The number of ether oxygens (including phenoxy) is 1.